The van der Waals surface area contributed by atoms with Crippen LogP contribution in [0.1, 0.15) is 55.2 Å². The molecule has 3 rings (SSSR count). The number of nitrogens with zero attached hydrogens (tertiary/aromatic N) is 1. The SMILES string of the molecule is CC(CCC(F)F)c1cccc(CCC[C@@H]2CNCC23CN(C)C3)c1CO. The van der Waals surface area contributed by atoms with Gasteiger partial charge in [-0.2, -0.15) is 0 Å². The summed E-state index contributed by atoms with van der Waals surface area (Å²) >= 11 is 0. The van der Waals surface area contributed by atoms with Gasteiger partial charge in [-0.3, -0.25) is 0 Å². The van der Waals surface area contributed by atoms with Gasteiger partial charge >= 0.3 is 0 Å². The number of rotatable bonds is 9. The number of hydrogen-bond donors (Lipinski definition) is 2. The van der Waals surface area contributed by atoms with Crippen molar-refractivity contribution in [3.05, 3.63) is 34.9 Å². The summed E-state index contributed by atoms with van der Waals surface area (Å²) in [7, 11) is 2.19. The van der Waals surface area contributed by atoms with Crippen molar-refractivity contribution >= 4 is 0 Å². The number of likely N-dealkylation sites (tertiary alicyclic amines) is 1. The van der Waals surface area contributed by atoms with E-state index in [1.54, 1.807) is 0 Å². The molecule has 0 aromatic heterocycles. The van der Waals surface area contributed by atoms with Crippen LogP contribution in [0.3, 0.4) is 0 Å². The Morgan fingerprint density at radius 2 is 2.07 bits per heavy atom. The summed E-state index contributed by atoms with van der Waals surface area (Å²) in [4.78, 5) is 2.40. The fraction of sp³-hybridized carbons (Fsp3) is 0.727. The average Bonchev–Trinajstić information content (AvgIpc) is 3.02. The molecule has 0 bridgehead atoms. The quantitative estimate of drug-likeness (QED) is 0.684. The number of aliphatic hydroxyl groups excluding tert-OH is 1. The Hall–Kier alpha value is -1.04. The summed E-state index contributed by atoms with van der Waals surface area (Å²) in [6, 6.07) is 6.10. The topological polar surface area (TPSA) is 35.5 Å². The van der Waals surface area contributed by atoms with Gasteiger partial charge in [0.25, 0.3) is 0 Å². The van der Waals surface area contributed by atoms with Gasteiger partial charge in [0.05, 0.1) is 6.61 Å². The predicted octanol–water partition coefficient (Wildman–Crippen LogP) is 3.80. The molecule has 2 aliphatic rings. The van der Waals surface area contributed by atoms with E-state index in [1.807, 2.05) is 19.1 Å². The van der Waals surface area contributed by atoms with Gasteiger partial charge in [0.15, 0.2) is 0 Å². The molecule has 5 heteroatoms. The molecule has 2 saturated heterocycles. The van der Waals surface area contributed by atoms with Crippen molar-refractivity contribution in [2.75, 3.05) is 33.2 Å². The Morgan fingerprint density at radius 3 is 2.74 bits per heavy atom. The second-order valence-corrected chi connectivity index (χ2v) is 8.77. The maximum Gasteiger partial charge on any atom is 0.238 e. The second kappa shape index (κ2) is 8.97. The maximum absolute atomic E-state index is 12.6. The minimum absolute atomic E-state index is 0.00968. The molecule has 1 aromatic carbocycles. The molecule has 27 heavy (non-hydrogen) atoms. The molecule has 0 saturated carbocycles. The van der Waals surface area contributed by atoms with E-state index in [1.165, 1.54) is 25.1 Å². The van der Waals surface area contributed by atoms with E-state index >= 15 is 0 Å². The van der Waals surface area contributed by atoms with E-state index in [0.29, 0.717) is 11.8 Å². The molecule has 2 aliphatic heterocycles. The maximum atomic E-state index is 12.6. The highest BCUT2D eigenvalue weighted by atomic mass is 19.3. The van der Waals surface area contributed by atoms with E-state index in [0.717, 1.165) is 43.0 Å². The molecule has 0 radical (unpaired) electrons. The second-order valence-electron chi connectivity index (χ2n) is 8.77. The Labute approximate surface area is 162 Å². The van der Waals surface area contributed by atoms with E-state index < -0.39 is 6.43 Å². The molecule has 1 spiro atoms. The van der Waals surface area contributed by atoms with Crippen molar-refractivity contribution in [2.45, 2.75) is 58.0 Å². The number of benzene rings is 1. The molecular formula is C22H34F2N2O. The molecule has 2 N–H and O–H groups in total. The summed E-state index contributed by atoms with van der Waals surface area (Å²) in [5, 5.41) is 13.5. The summed E-state index contributed by atoms with van der Waals surface area (Å²) in [5.74, 6) is 0.785. The normalized spacial score (nSPS) is 23.1. The molecule has 2 heterocycles. The van der Waals surface area contributed by atoms with Crippen LogP contribution in [0.4, 0.5) is 8.78 Å². The number of nitrogens with one attached hydrogen (secondary N) is 1. The molecular weight excluding hydrogens is 346 g/mol. The molecule has 3 nitrogen and oxygen atoms in total. The van der Waals surface area contributed by atoms with Gasteiger partial charge in [0.2, 0.25) is 6.43 Å². The fourth-order valence-corrected chi connectivity index (χ4v) is 5.28. The van der Waals surface area contributed by atoms with Gasteiger partial charge in [0, 0.05) is 31.5 Å². The minimum Gasteiger partial charge on any atom is -0.392 e. The smallest absolute Gasteiger partial charge is 0.238 e. The average molecular weight is 381 g/mol. The molecule has 152 valence electrons. The summed E-state index contributed by atoms with van der Waals surface area (Å²) in [6.45, 7) is 6.63. The van der Waals surface area contributed by atoms with Crippen LogP contribution in [0.2, 0.25) is 0 Å². The number of hydrogen-bond acceptors (Lipinski definition) is 3. The van der Waals surface area contributed by atoms with Crippen molar-refractivity contribution in [2.24, 2.45) is 11.3 Å². The first kappa shape index (κ1) is 20.7. The predicted molar refractivity (Wildman–Crippen MR) is 105 cm³/mol. The van der Waals surface area contributed by atoms with Crippen LogP contribution in [0, 0.1) is 11.3 Å². The van der Waals surface area contributed by atoms with Crippen LogP contribution in [-0.4, -0.2) is 49.7 Å². The van der Waals surface area contributed by atoms with Crippen LogP contribution in [0.25, 0.3) is 0 Å². The van der Waals surface area contributed by atoms with Gasteiger partial charge in [-0.05, 0) is 67.8 Å². The highest BCUT2D eigenvalue weighted by Gasteiger charge is 2.49. The third-order valence-corrected chi connectivity index (χ3v) is 6.72. The Morgan fingerprint density at radius 1 is 1.30 bits per heavy atom. The van der Waals surface area contributed by atoms with Crippen LogP contribution in [-0.2, 0) is 13.0 Å². The molecule has 0 aliphatic carbocycles. The van der Waals surface area contributed by atoms with Crippen molar-refractivity contribution in [3.8, 4) is 0 Å². The largest absolute Gasteiger partial charge is 0.392 e. The van der Waals surface area contributed by atoms with E-state index in [4.69, 9.17) is 0 Å². The first-order valence-corrected chi connectivity index (χ1v) is 10.3. The Balaban J connectivity index is 1.59. The molecule has 2 fully saturated rings. The van der Waals surface area contributed by atoms with E-state index in [9.17, 15) is 13.9 Å². The first-order valence-electron chi connectivity index (χ1n) is 10.3. The standard InChI is InChI=1S/C22H34F2N2O/c1-16(9-10-21(23)24)19-8-4-6-17(20(19)12-27)5-3-7-18-11-25-13-22(18)14-26(2)15-22/h4,6,8,16,18,21,25,27H,3,5,7,9-15H2,1-2H3/t16?,18-/m1/s1. The van der Waals surface area contributed by atoms with Crippen LogP contribution in [0.15, 0.2) is 18.2 Å². The van der Waals surface area contributed by atoms with Gasteiger partial charge < -0.3 is 15.3 Å². The third kappa shape index (κ3) is 4.69. The molecule has 0 amide bonds. The van der Waals surface area contributed by atoms with Gasteiger partial charge in [-0.15, -0.1) is 0 Å². The van der Waals surface area contributed by atoms with Crippen LogP contribution in [0.5, 0.6) is 0 Å². The zero-order valence-electron chi connectivity index (χ0n) is 16.7. The van der Waals surface area contributed by atoms with Gasteiger partial charge in [-0.1, -0.05) is 25.1 Å². The lowest BCUT2D eigenvalue weighted by molar-refractivity contribution is -0.00114. The number of halogens is 2. The zero-order chi connectivity index (χ0) is 19.4. The molecule has 1 aromatic rings. The monoisotopic (exact) mass is 380 g/mol. The first-order chi connectivity index (χ1) is 12.9. The van der Waals surface area contributed by atoms with E-state index in [2.05, 4.69) is 23.3 Å². The highest BCUT2D eigenvalue weighted by molar-refractivity contribution is 5.37. The summed E-state index contributed by atoms with van der Waals surface area (Å²) < 4.78 is 25.1. The summed E-state index contributed by atoms with van der Waals surface area (Å²) in [5.41, 5.74) is 3.65. The third-order valence-electron chi connectivity index (χ3n) is 6.72. The Bertz CT molecular complexity index is 616. The molecule has 2 atom stereocenters. The number of aliphatic hydroxyl groups is 1. The number of aryl methyl sites for hydroxylation is 1. The van der Waals surface area contributed by atoms with Crippen molar-refractivity contribution in [3.63, 3.8) is 0 Å². The fourth-order valence-electron chi connectivity index (χ4n) is 5.28. The lowest BCUT2D eigenvalue weighted by Crippen LogP contribution is -2.58. The van der Waals surface area contributed by atoms with Crippen molar-refractivity contribution in [1.29, 1.82) is 0 Å². The summed E-state index contributed by atoms with van der Waals surface area (Å²) in [6.07, 6.45) is 1.38. The van der Waals surface area contributed by atoms with Crippen molar-refractivity contribution < 1.29 is 13.9 Å². The number of alkyl halides is 2. The van der Waals surface area contributed by atoms with Crippen molar-refractivity contribution in [1.82, 2.24) is 10.2 Å². The lowest BCUT2D eigenvalue weighted by atomic mass is 9.70. The lowest BCUT2D eigenvalue weighted by Gasteiger charge is -2.49. The minimum atomic E-state index is -2.26. The highest BCUT2D eigenvalue weighted by Crippen LogP contribution is 2.42. The molecule has 1 unspecified atom stereocenters. The van der Waals surface area contributed by atoms with Gasteiger partial charge in [-0.25, -0.2) is 8.78 Å². The Kier molecular flexibility index (Phi) is 6.88. The zero-order valence-corrected chi connectivity index (χ0v) is 16.7. The van der Waals surface area contributed by atoms with Crippen LogP contribution >= 0.6 is 0 Å². The van der Waals surface area contributed by atoms with Crippen LogP contribution < -0.4 is 5.32 Å². The van der Waals surface area contributed by atoms with Gasteiger partial charge in [0.1, 0.15) is 0 Å². The van der Waals surface area contributed by atoms with E-state index in [-0.39, 0.29) is 18.9 Å².